The number of carbonyl (C=O) groups excluding carboxylic acids is 1. The predicted octanol–water partition coefficient (Wildman–Crippen LogP) is 2.10. The van der Waals surface area contributed by atoms with Crippen molar-refractivity contribution in [2.45, 2.75) is 49.8 Å². The Morgan fingerprint density at radius 2 is 1.91 bits per heavy atom. The van der Waals surface area contributed by atoms with Crippen molar-refractivity contribution in [2.75, 3.05) is 12.3 Å². The zero-order valence-electron chi connectivity index (χ0n) is 12.9. The highest BCUT2D eigenvalue weighted by Gasteiger charge is 2.51. The Labute approximate surface area is 135 Å². The molecule has 0 radical (unpaired) electrons. The molecule has 4 bridgehead atoms. The van der Waals surface area contributed by atoms with Crippen molar-refractivity contribution in [3.05, 3.63) is 12.7 Å². The lowest BCUT2D eigenvalue weighted by Gasteiger charge is -2.56. The van der Waals surface area contributed by atoms with Gasteiger partial charge in [0, 0.05) is 11.3 Å². The van der Waals surface area contributed by atoms with Crippen LogP contribution in [0.1, 0.15) is 38.5 Å². The Bertz CT molecular complexity index is 495. The highest BCUT2D eigenvalue weighted by molar-refractivity contribution is 8.01. The Morgan fingerprint density at radius 1 is 1.23 bits per heavy atom. The number of carbonyl (C=O) groups is 1. The molecule has 4 saturated carbocycles. The van der Waals surface area contributed by atoms with E-state index in [1.807, 2.05) is 11.8 Å². The highest BCUT2D eigenvalue weighted by atomic mass is 32.2. The number of nitrogens with zero attached hydrogens (tertiary/aromatic N) is 3. The lowest BCUT2D eigenvalue weighted by molar-refractivity contribution is -0.118. The van der Waals surface area contributed by atoms with E-state index in [1.165, 1.54) is 44.9 Å². The van der Waals surface area contributed by atoms with Gasteiger partial charge in [0.15, 0.2) is 0 Å². The fraction of sp³-hybridized carbons (Fsp3) is 0.812. The van der Waals surface area contributed by atoms with Gasteiger partial charge < -0.3 is 5.32 Å². The lowest BCUT2D eigenvalue weighted by atomic mass is 9.56. The maximum atomic E-state index is 12.1. The first-order valence-corrected chi connectivity index (χ1v) is 9.42. The van der Waals surface area contributed by atoms with Crippen LogP contribution in [-0.2, 0) is 11.3 Å². The Hall–Kier alpha value is -1.04. The molecule has 5 rings (SSSR count). The summed E-state index contributed by atoms with van der Waals surface area (Å²) in [6.45, 7) is 1.32. The van der Waals surface area contributed by atoms with Gasteiger partial charge in [-0.1, -0.05) is 0 Å². The monoisotopic (exact) mass is 320 g/mol. The van der Waals surface area contributed by atoms with E-state index in [4.69, 9.17) is 0 Å². The van der Waals surface area contributed by atoms with E-state index in [0.717, 1.165) is 17.8 Å². The molecule has 0 saturated heterocycles. The minimum atomic E-state index is 0.167. The minimum absolute atomic E-state index is 0.167. The molecule has 6 heteroatoms. The largest absolute Gasteiger partial charge is 0.354 e. The van der Waals surface area contributed by atoms with E-state index >= 15 is 0 Å². The number of amides is 1. The number of hydrogen-bond acceptors (Lipinski definition) is 4. The van der Waals surface area contributed by atoms with Gasteiger partial charge in [-0.3, -0.25) is 9.48 Å². The molecule has 4 aliphatic carbocycles. The van der Waals surface area contributed by atoms with Crippen molar-refractivity contribution in [3.63, 3.8) is 0 Å². The first kappa shape index (κ1) is 14.5. The van der Waals surface area contributed by atoms with Crippen LogP contribution in [0, 0.1) is 17.8 Å². The second-order valence-corrected chi connectivity index (χ2v) is 8.84. The smallest absolute Gasteiger partial charge is 0.230 e. The summed E-state index contributed by atoms with van der Waals surface area (Å²) in [6, 6.07) is 0. The number of nitrogens with one attached hydrogen (secondary N) is 1. The summed E-state index contributed by atoms with van der Waals surface area (Å²) in [5, 5.41) is 7.04. The molecule has 5 nitrogen and oxygen atoms in total. The van der Waals surface area contributed by atoms with E-state index in [1.54, 1.807) is 11.0 Å². The average molecular weight is 320 g/mol. The van der Waals surface area contributed by atoms with E-state index in [9.17, 15) is 4.79 Å². The van der Waals surface area contributed by atoms with Crippen molar-refractivity contribution < 1.29 is 4.79 Å². The zero-order chi connectivity index (χ0) is 15.0. The van der Waals surface area contributed by atoms with Crippen LogP contribution < -0.4 is 5.32 Å². The van der Waals surface area contributed by atoms with Gasteiger partial charge in [-0.2, -0.15) is 5.10 Å². The molecule has 120 valence electrons. The predicted molar refractivity (Wildman–Crippen MR) is 86.4 cm³/mol. The molecule has 22 heavy (non-hydrogen) atoms. The van der Waals surface area contributed by atoms with Gasteiger partial charge in [0.2, 0.25) is 5.91 Å². The quantitative estimate of drug-likeness (QED) is 0.872. The third-order valence-electron chi connectivity index (χ3n) is 5.62. The van der Waals surface area contributed by atoms with Crippen LogP contribution in [0.2, 0.25) is 0 Å². The fourth-order valence-corrected chi connectivity index (χ4v) is 6.74. The van der Waals surface area contributed by atoms with Gasteiger partial charge >= 0.3 is 0 Å². The summed E-state index contributed by atoms with van der Waals surface area (Å²) in [7, 11) is 0. The molecule has 0 aliphatic heterocycles. The van der Waals surface area contributed by atoms with Crippen molar-refractivity contribution in [3.8, 4) is 0 Å². The third kappa shape index (κ3) is 3.03. The summed E-state index contributed by atoms with van der Waals surface area (Å²) >= 11 is 1.94. The molecule has 0 spiro atoms. The van der Waals surface area contributed by atoms with Crippen LogP contribution in [0.25, 0.3) is 0 Å². The topological polar surface area (TPSA) is 59.8 Å². The zero-order valence-corrected chi connectivity index (χ0v) is 13.7. The molecule has 1 heterocycles. The van der Waals surface area contributed by atoms with Crippen LogP contribution in [0.5, 0.6) is 0 Å². The van der Waals surface area contributed by atoms with Crippen molar-refractivity contribution in [1.29, 1.82) is 0 Å². The van der Waals surface area contributed by atoms with Gasteiger partial charge in [-0.25, -0.2) is 4.98 Å². The van der Waals surface area contributed by atoms with Crippen LogP contribution in [-0.4, -0.2) is 37.7 Å². The summed E-state index contributed by atoms with van der Waals surface area (Å²) in [4.78, 5) is 16.0. The standard InChI is InChI=1S/C16H24N4OS/c21-15(18-1-2-20-11-17-10-19-20)9-22-16-6-12-3-13(7-16)5-14(4-12)8-16/h10-14H,1-9H2,(H,18,21). The fourth-order valence-electron chi connectivity index (χ4n) is 5.14. The molecule has 1 aromatic heterocycles. The Kier molecular flexibility index (Phi) is 3.88. The number of hydrogen-bond donors (Lipinski definition) is 1. The summed E-state index contributed by atoms with van der Waals surface area (Å²) in [5.74, 6) is 3.64. The van der Waals surface area contributed by atoms with E-state index in [2.05, 4.69) is 15.4 Å². The summed E-state index contributed by atoms with van der Waals surface area (Å²) < 4.78 is 2.17. The maximum Gasteiger partial charge on any atom is 0.230 e. The van der Waals surface area contributed by atoms with E-state index < -0.39 is 0 Å². The molecule has 1 N–H and O–H groups in total. The van der Waals surface area contributed by atoms with Gasteiger partial charge in [-0.15, -0.1) is 11.8 Å². The molecular formula is C16H24N4OS. The minimum Gasteiger partial charge on any atom is -0.354 e. The molecule has 1 aromatic rings. The SMILES string of the molecule is O=C(CSC12CC3CC(CC(C3)C1)C2)NCCn1cncn1. The molecule has 4 aliphatic rings. The first-order valence-electron chi connectivity index (χ1n) is 8.44. The number of rotatable bonds is 6. The molecule has 4 fully saturated rings. The summed E-state index contributed by atoms with van der Waals surface area (Å²) in [5.41, 5.74) is 0. The molecule has 1 amide bonds. The first-order chi connectivity index (χ1) is 10.7. The highest BCUT2D eigenvalue weighted by Crippen LogP contribution is 2.60. The van der Waals surface area contributed by atoms with Gasteiger partial charge in [0.25, 0.3) is 0 Å². The number of thioether (sulfide) groups is 1. The molecule has 0 unspecified atom stereocenters. The third-order valence-corrected chi connectivity index (χ3v) is 7.14. The Balaban J connectivity index is 1.23. The van der Waals surface area contributed by atoms with E-state index in [0.29, 0.717) is 23.6 Å². The molecule has 0 atom stereocenters. The van der Waals surface area contributed by atoms with Crippen molar-refractivity contribution in [2.24, 2.45) is 17.8 Å². The molecular weight excluding hydrogens is 296 g/mol. The second-order valence-electron chi connectivity index (χ2n) is 7.40. The van der Waals surface area contributed by atoms with Crippen LogP contribution in [0.4, 0.5) is 0 Å². The van der Waals surface area contributed by atoms with Gasteiger partial charge in [0.05, 0.1) is 12.3 Å². The van der Waals surface area contributed by atoms with Crippen LogP contribution >= 0.6 is 11.8 Å². The van der Waals surface area contributed by atoms with Crippen LogP contribution in [0.3, 0.4) is 0 Å². The normalized spacial score (nSPS) is 35.7. The van der Waals surface area contributed by atoms with Crippen LogP contribution in [0.15, 0.2) is 12.7 Å². The van der Waals surface area contributed by atoms with Crippen molar-refractivity contribution in [1.82, 2.24) is 20.1 Å². The molecule has 0 aromatic carbocycles. The average Bonchev–Trinajstić information content (AvgIpc) is 2.97. The Morgan fingerprint density at radius 3 is 2.50 bits per heavy atom. The maximum absolute atomic E-state index is 12.1. The summed E-state index contributed by atoms with van der Waals surface area (Å²) in [6.07, 6.45) is 11.7. The van der Waals surface area contributed by atoms with Gasteiger partial charge in [-0.05, 0) is 56.3 Å². The van der Waals surface area contributed by atoms with Crippen molar-refractivity contribution >= 4 is 17.7 Å². The van der Waals surface area contributed by atoms with E-state index in [-0.39, 0.29) is 5.91 Å². The lowest BCUT2D eigenvalue weighted by Crippen LogP contribution is -2.49. The number of aromatic nitrogens is 3. The second kappa shape index (κ2) is 5.87. The van der Waals surface area contributed by atoms with Gasteiger partial charge in [0.1, 0.15) is 12.7 Å².